The lowest BCUT2D eigenvalue weighted by molar-refractivity contribution is -0.152. The first-order chi connectivity index (χ1) is 12.2. The minimum atomic E-state index is -0.878. The molecular weight excluding hydrogens is 332 g/mol. The molecule has 2 rings (SSSR count). The Morgan fingerprint density at radius 3 is 2.23 bits per heavy atom. The van der Waals surface area contributed by atoms with Gasteiger partial charge >= 0.3 is 5.97 Å². The quantitative estimate of drug-likeness (QED) is 0.723. The van der Waals surface area contributed by atoms with Gasteiger partial charge in [0, 0.05) is 20.5 Å². The first-order valence-electron chi connectivity index (χ1n) is 8.96. The van der Waals surface area contributed by atoms with Gasteiger partial charge in [-0.25, -0.2) is 0 Å². The van der Waals surface area contributed by atoms with Gasteiger partial charge in [0.25, 0.3) is 0 Å². The smallest absolute Gasteiger partial charge is 0.307 e. The minimum Gasteiger partial charge on any atom is -0.481 e. The van der Waals surface area contributed by atoms with Crippen molar-refractivity contribution in [2.24, 2.45) is 17.3 Å². The molecule has 0 aromatic heterocycles. The van der Waals surface area contributed by atoms with E-state index in [9.17, 15) is 19.5 Å². The van der Waals surface area contributed by atoms with Crippen molar-refractivity contribution >= 4 is 17.8 Å². The molecule has 1 aliphatic rings. The Hall–Kier alpha value is -2.37. The van der Waals surface area contributed by atoms with Crippen LogP contribution >= 0.6 is 0 Å². The fourth-order valence-corrected chi connectivity index (χ4v) is 3.46. The van der Waals surface area contributed by atoms with Crippen molar-refractivity contribution in [1.29, 1.82) is 0 Å². The molecule has 0 bridgehead atoms. The van der Waals surface area contributed by atoms with E-state index in [1.807, 2.05) is 44.2 Å². The lowest BCUT2D eigenvalue weighted by atomic mass is 9.67. The van der Waals surface area contributed by atoms with E-state index in [0.29, 0.717) is 25.8 Å². The SMILES string of the molecule is CC(C)CC1(C(Cc2ccccc2)C(=O)O)CCNC1=O.CNC(C)=O. The molecule has 144 valence electrons. The van der Waals surface area contributed by atoms with Gasteiger partial charge in [-0.15, -0.1) is 0 Å². The highest BCUT2D eigenvalue weighted by molar-refractivity contribution is 5.90. The Morgan fingerprint density at radius 2 is 1.85 bits per heavy atom. The monoisotopic (exact) mass is 362 g/mol. The fourth-order valence-electron chi connectivity index (χ4n) is 3.46. The molecular formula is C20H30N2O4. The van der Waals surface area contributed by atoms with E-state index in [2.05, 4.69) is 10.6 Å². The maximum absolute atomic E-state index is 12.4. The van der Waals surface area contributed by atoms with Crippen LogP contribution in [0.1, 0.15) is 39.2 Å². The number of hydrogen-bond acceptors (Lipinski definition) is 3. The highest BCUT2D eigenvalue weighted by Gasteiger charge is 2.51. The van der Waals surface area contributed by atoms with E-state index < -0.39 is 17.3 Å². The van der Waals surface area contributed by atoms with Crippen LogP contribution in [-0.2, 0) is 20.8 Å². The summed E-state index contributed by atoms with van der Waals surface area (Å²) in [6, 6.07) is 9.55. The average Bonchev–Trinajstić information content (AvgIpc) is 2.94. The Morgan fingerprint density at radius 1 is 1.27 bits per heavy atom. The maximum atomic E-state index is 12.4. The number of carboxylic acids is 1. The van der Waals surface area contributed by atoms with E-state index in [1.165, 1.54) is 6.92 Å². The molecule has 1 saturated heterocycles. The summed E-state index contributed by atoms with van der Waals surface area (Å²) in [5.74, 6) is -1.36. The van der Waals surface area contributed by atoms with Gasteiger partial charge < -0.3 is 15.7 Å². The molecule has 3 N–H and O–H groups in total. The van der Waals surface area contributed by atoms with Crippen molar-refractivity contribution < 1.29 is 19.5 Å². The van der Waals surface area contributed by atoms with Crippen molar-refractivity contribution in [3.05, 3.63) is 35.9 Å². The van der Waals surface area contributed by atoms with Crippen LogP contribution in [0.25, 0.3) is 0 Å². The molecule has 1 aliphatic heterocycles. The first-order valence-corrected chi connectivity index (χ1v) is 8.96. The lowest BCUT2D eigenvalue weighted by Crippen LogP contribution is -2.44. The molecule has 1 aromatic rings. The number of carboxylic acid groups (broad SMARTS) is 1. The fraction of sp³-hybridized carbons (Fsp3) is 0.550. The number of rotatable bonds is 6. The number of carbonyl (C=O) groups is 3. The van der Waals surface area contributed by atoms with Crippen LogP contribution in [0.4, 0.5) is 0 Å². The van der Waals surface area contributed by atoms with Gasteiger partial charge in [0.05, 0.1) is 11.3 Å². The summed E-state index contributed by atoms with van der Waals surface area (Å²) >= 11 is 0. The van der Waals surface area contributed by atoms with Gasteiger partial charge in [-0.1, -0.05) is 44.2 Å². The predicted octanol–water partition coefficient (Wildman–Crippen LogP) is 2.23. The van der Waals surface area contributed by atoms with Gasteiger partial charge in [0.1, 0.15) is 0 Å². The van der Waals surface area contributed by atoms with Crippen LogP contribution in [0, 0.1) is 17.3 Å². The summed E-state index contributed by atoms with van der Waals surface area (Å²) in [4.78, 5) is 33.9. The third-order valence-corrected chi connectivity index (χ3v) is 4.68. The third kappa shape index (κ3) is 5.86. The van der Waals surface area contributed by atoms with Crippen molar-refractivity contribution in [2.75, 3.05) is 13.6 Å². The van der Waals surface area contributed by atoms with Crippen LogP contribution in [0.5, 0.6) is 0 Å². The van der Waals surface area contributed by atoms with Crippen molar-refractivity contribution in [2.45, 2.75) is 40.0 Å². The summed E-state index contributed by atoms with van der Waals surface area (Å²) in [6.07, 6.45) is 1.62. The molecule has 0 spiro atoms. The van der Waals surface area contributed by atoms with Gasteiger partial charge in [-0.05, 0) is 30.7 Å². The first kappa shape index (κ1) is 21.7. The van der Waals surface area contributed by atoms with Crippen LogP contribution in [0.3, 0.4) is 0 Å². The minimum absolute atomic E-state index is 0.00463. The molecule has 6 heteroatoms. The second kappa shape index (κ2) is 9.94. The zero-order valence-electron chi connectivity index (χ0n) is 16.0. The molecule has 2 atom stereocenters. The molecule has 6 nitrogen and oxygen atoms in total. The molecule has 0 radical (unpaired) electrons. The second-order valence-corrected chi connectivity index (χ2v) is 7.15. The number of amides is 2. The van der Waals surface area contributed by atoms with Gasteiger partial charge in [0.15, 0.2) is 0 Å². The normalized spacial score (nSPS) is 20.0. The molecule has 1 aromatic carbocycles. The Labute approximate surface area is 155 Å². The number of benzene rings is 1. The summed E-state index contributed by atoms with van der Waals surface area (Å²) in [6.45, 7) is 6.12. The molecule has 0 saturated carbocycles. The third-order valence-electron chi connectivity index (χ3n) is 4.68. The topological polar surface area (TPSA) is 95.5 Å². The zero-order chi connectivity index (χ0) is 19.7. The zero-order valence-corrected chi connectivity index (χ0v) is 16.0. The number of hydrogen-bond donors (Lipinski definition) is 3. The summed E-state index contributed by atoms with van der Waals surface area (Å²) in [5, 5.41) is 14.9. The second-order valence-electron chi connectivity index (χ2n) is 7.15. The summed E-state index contributed by atoms with van der Waals surface area (Å²) < 4.78 is 0. The standard InChI is InChI=1S/C17H23NO3.C3H7NO/c1-12(2)11-17(8-9-18-16(17)21)14(15(19)20)10-13-6-4-3-5-7-13;1-3(5)4-2/h3-7,12,14H,8-11H2,1-2H3,(H,18,21)(H,19,20);1-2H3,(H,4,5). The maximum Gasteiger partial charge on any atom is 0.307 e. The summed E-state index contributed by atoms with van der Waals surface area (Å²) in [7, 11) is 1.60. The molecule has 2 unspecified atom stereocenters. The largest absolute Gasteiger partial charge is 0.481 e. The van der Waals surface area contributed by atoms with E-state index in [1.54, 1.807) is 7.05 Å². The highest BCUT2D eigenvalue weighted by Crippen LogP contribution is 2.43. The van der Waals surface area contributed by atoms with E-state index >= 15 is 0 Å². The van der Waals surface area contributed by atoms with Crippen molar-refractivity contribution in [1.82, 2.24) is 10.6 Å². The number of nitrogens with one attached hydrogen (secondary N) is 2. The average molecular weight is 362 g/mol. The van der Waals surface area contributed by atoms with Crippen LogP contribution < -0.4 is 10.6 Å². The molecule has 1 fully saturated rings. The van der Waals surface area contributed by atoms with E-state index in [0.717, 1.165) is 5.56 Å². The number of aliphatic carboxylic acids is 1. The van der Waals surface area contributed by atoms with Gasteiger partial charge in [-0.2, -0.15) is 0 Å². The Kier molecular flexibility index (Phi) is 8.29. The summed E-state index contributed by atoms with van der Waals surface area (Å²) in [5.41, 5.74) is 0.184. The van der Waals surface area contributed by atoms with Crippen LogP contribution in [0.2, 0.25) is 0 Å². The Balaban J connectivity index is 0.000000597. The Bertz CT molecular complexity index is 615. The number of carbonyl (C=O) groups excluding carboxylic acids is 2. The van der Waals surface area contributed by atoms with Crippen molar-refractivity contribution in [3.63, 3.8) is 0 Å². The molecule has 1 heterocycles. The van der Waals surface area contributed by atoms with Gasteiger partial charge in [0.2, 0.25) is 11.8 Å². The predicted molar refractivity (Wildman–Crippen MR) is 101 cm³/mol. The van der Waals surface area contributed by atoms with Crippen molar-refractivity contribution in [3.8, 4) is 0 Å². The van der Waals surface area contributed by atoms with Crippen LogP contribution in [-0.4, -0.2) is 36.5 Å². The molecule has 2 amide bonds. The highest BCUT2D eigenvalue weighted by atomic mass is 16.4. The molecule has 26 heavy (non-hydrogen) atoms. The van der Waals surface area contributed by atoms with Gasteiger partial charge in [-0.3, -0.25) is 14.4 Å². The molecule has 0 aliphatic carbocycles. The van der Waals surface area contributed by atoms with Crippen LogP contribution in [0.15, 0.2) is 30.3 Å². The lowest BCUT2D eigenvalue weighted by Gasteiger charge is -2.34. The van der Waals surface area contributed by atoms with E-state index in [4.69, 9.17) is 0 Å². The van der Waals surface area contributed by atoms with E-state index in [-0.39, 0.29) is 17.7 Å².